The molecular formula is C15H20N4O2S. The van der Waals surface area contributed by atoms with Crippen molar-refractivity contribution in [2.75, 3.05) is 12.8 Å². The van der Waals surface area contributed by atoms with Gasteiger partial charge in [-0.3, -0.25) is 9.00 Å². The van der Waals surface area contributed by atoms with Crippen LogP contribution in [0.25, 0.3) is 0 Å². The molecule has 2 rings (SSSR count). The van der Waals surface area contributed by atoms with Crippen LogP contribution in [0.4, 0.5) is 0 Å². The minimum absolute atomic E-state index is 0.0846. The lowest BCUT2D eigenvalue weighted by Gasteiger charge is -2.09. The van der Waals surface area contributed by atoms with E-state index in [1.807, 2.05) is 18.2 Å². The molecule has 118 valence electrons. The normalized spacial score (nSPS) is 12.4. The Morgan fingerprint density at radius 3 is 2.86 bits per heavy atom. The number of amides is 1. The van der Waals surface area contributed by atoms with Crippen molar-refractivity contribution in [3.63, 3.8) is 0 Å². The van der Waals surface area contributed by atoms with Gasteiger partial charge in [-0.2, -0.15) is 0 Å². The Labute approximate surface area is 132 Å². The van der Waals surface area contributed by atoms with Gasteiger partial charge in [-0.25, -0.2) is 0 Å². The lowest BCUT2D eigenvalue weighted by atomic mass is 10.1. The number of carbonyl (C=O) groups excluding carboxylic acids is 1. The van der Waals surface area contributed by atoms with Gasteiger partial charge in [0.15, 0.2) is 0 Å². The van der Waals surface area contributed by atoms with Gasteiger partial charge in [0.2, 0.25) is 5.16 Å². The van der Waals surface area contributed by atoms with E-state index in [0.29, 0.717) is 29.7 Å². The molecule has 0 aliphatic rings. The molecule has 0 unspecified atom stereocenters. The van der Waals surface area contributed by atoms with E-state index in [4.69, 9.17) is 0 Å². The number of aromatic nitrogens is 3. The van der Waals surface area contributed by atoms with E-state index in [1.54, 1.807) is 23.2 Å². The van der Waals surface area contributed by atoms with Crippen LogP contribution in [0.5, 0.6) is 0 Å². The molecule has 1 aromatic heterocycles. The zero-order chi connectivity index (χ0) is 16.1. The van der Waals surface area contributed by atoms with E-state index in [0.717, 1.165) is 5.56 Å². The lowest BCUT2D eigenvalue weighted by Crippen LogP contribution is -2.27. The molecule has 7 heteroatoms. The second-order valence-corrected chi connectivity index (χ2v) is 6.77. The molecule has 0 saturated heterocycles. The Balaban J connectivity index is 2.13. The predicted molar refractivity (Wildman–Crippen MR) is 85.1 cm³/mol. The monoisotopic (exact) mass is 320 g/mol. The Hall–Kier alpha value is -2.02. The third kappa shape index (κ3) is 4.24. The number of hydrogen-bond donors (Lipinski definition) is 1. The fourth-order valence-electron chi connectivity index (χ4n) is 1.98. The van der Waals surface area contributed by atoms with Gasteiger partial charge in [0.05, 0.1) is 17.3 Å². The molecule has 0 spiro atoms. The van der Waals surface area contributed by atoms with Crippen molar-refractivity contribution in [1.29, 1.82) is 0 Å². The van der Waals surface area contributed by atoms with Crippen molar-refractivity contribution in [2.45, 2.75) is 25.5 Å². The summed E-state index contributed by atoms with van der Waals surface area (Å²) < 4.78 is 13.3. The van der Waals surface area contributed by atoms with E-state index in [-0.39, 0.29) is 5.91 Å². The summed E-state index contributed by atoms with van der Waals surface area (Å²) in [5, 5.41) is 11.0. The fourth-order valence-corrected chi connectivity index (χ4v) is 2.59. The van der Waals surface area contributed by atoms with E-state index in [9.17, 15) is 9.00 Å². The largest absolute Gasteiger partial charge is 0.352 e. The first-order valence-electron chi connectivity index (χ1n) is 7.05. The number of carbonyl (C=O) groups is 1. The number of hydrogen-bond acceptors (Lipinski definition) is 4. The summed E-state index contributed by atoms with van der Waals surface area (Å²) in [6, 6.07) is 7.37. The average Bonchev–Trinajstić information content (AvgIpc) is 2.93. The van der Waals surface area contributed by atoms with Crippen molar-refractivity contribution in [3.05, 3.63) is 41.7 Å². The van der Waals surface area contributed by atoms with Gasteiger partial charge >= 0.3 is 0 Å². The van der Waals surface area contributed by atoms with E-state index in [2.05, 4.69) is 29.4 Å². The molecule has 22 heavy (non-hydrogen) atoms. The highest BCUT2D eigenvalue weighted by Gasteiger charge is 2.10. The van der Waals surface area contributed by atoms with Crippen LogP contribution in [0.15, 0.2) is 35.7 Å². The first-order chi connectivity index (χ1) is 10.5. The number of nitrogens with zero attached hydrogens (tertiary/aromatic N) is 3. The third-order valence-electron chi connectivity index (χ3n) is 3.05. The Morgan fingerprint density at radius 1 is 1.41 bits per heavy atom. The summed E-state index contributed by atoms with van der Waals surface area (Å²) in [6.07, 6.45) is 3.11. The maximum atomic E-state index is 12.1. The highest BCUT2D eigenvalue weighted by molar-refractivity contribution is 7.84. The standard InChI is InChI=1S/C15H20N4O2S/c1-11(2)8-16-14(20)13-6-4-5-12(7-13)9-19-10-17-18-15(19)22(3)21/h4-7,10-11H,8-9H2,1-3H3,(H,16,20)/t22-/m0/s1. The smallest absolute Gasteiger partial charge is 0.251 e. The first kappa shape index (κ1) is 16.4. The summed E-state index contributed by atoms with van der Waals surface area (Å²) >= 11 is 0. The molecule has 1 N–H and O–H groups in total. The maximum absolute atomic E-state index is 12.1. The molecule has 0 aliphatic heterocycles. The summed E-state index contributed by atoms with van der Waals surface area (Å²) in [5.74, 6) is 0.324. The van der Waals surface area contributed by atoms with Crippen LogP contribution in [0.1, 0.15) is 29.8 Å². The lowest BCUT2D eigenvalue weighted by molar-refractivity contribution is 0.0949. The maximum Gasteiger partial charge on any atom is 0.251 e. The quantitative estimate of drug-likeness (QED) is 0.874. The van der Waals surface area contributed by atoms with Crippen molar-refractivity contribution in [3.8, 4) is 0 Å². The molecule has 0 aliphatic carbocycles. The van der Waals surface area contributed by atoms with Crippen LogP contribution in [0, 0.1) is 5.92 Å². The van der Waals surface area contributed by atoms with Crippen molar-refractivity contribution >= 4 is 16.7 Å². The zero-order valence-corrected chi connectivity index (χ0v) is 13.8. The summed E-state index contributed by atoms with van der Waals surface area (Å²) in [7, 11) is -1.20. The SMILES string of the molecule is CC(C)CNC(=O)c1cccc(Cn2cnnc2[S@](C)=O)c1. The molecule has 0 fully saturated rings. The predicted octanol–water partition coefficient (Wildman–Crippen LogP) is 1.45. The van der Waals surface area contributed by atoms with E-state index >= 15 is 0 Å². The van der Waals surface area contributed by atoms with Crippen molar-refractivity contribution in [2.24, 2.45) is 5.92 Å². The first-order valence-corrected chi connectivity index (χ1v) is 8.61. The second kappa shape index (κ2) is 7.31. The molecule has 2 aromatic rings. The van der Waals surface area contributed by atoms with Gasteiger partial charge in [-0.1, -0.05) is 26.0 Å². The number of benzene rings is 1. The highest BCUT2D eigenvalue weighted by Crippen LogP contribution is 2.10. The highest BCUT2D eigenvalue weighted by atomic mass is 32.2. The molecule has 0 bridgehead atoms. The Kier molecular flexibility index (Phi) is 5.43. The Morgan fingerprint density at radius 2 is 2.18 bits per heavy atom. The van der Waals surface area contributed by atoms with Gasteiger partial charge in [-0.05, 0) is 23.6 Å². The Bertz CT molecular complexity index is 682. The summed E-state index contributed by atoms with van der Waals surface area (Å²) in [6.45, 7) is 5.23. The van der Waals surface area contributed by atoms with Gasteiger partial charge in [0.1, 0.15) is 6.33 Å². The average molecular weight is 320 g/mol. The van der Waals surface area contributed by atoms with Gasteiger partial charge < -0.3 is 9.88 Å². The fraction of sp³-hybridized carbons (Fsp3) is 0.400. The third-order valence-corrected chi connectivity index (χ3v) is 3.88. The number of nitrogens with one attached hydrogen (secondary N) is 1. The molecule has 1 amide bonds. The van der Waals surface area contributed by atoms with Crippen LogP contribution >= 0.6 is 0 Å². The number of rotatable bonds is 6. The molecule has 6 nitrogen and oxygen atoms in total. The van der Waals surface area contributed by atoms with E-state index in [1.165, 1.54) is 0 Å². The van der Waals surface area contributed by atoms with Gasteiger partial charge in [0.25, 0.3) is 5.91 Å². The van der Waals surface area contributed by atoms with Crippen molar-refractivity contribution < 1.29 is 9.00 Å². The zero-order valence-electron chi connectivity index (χ0n) is 12.9. The molecule has 0 radical (unpaired) electrons. The minimum Gasteiger partial charge on any atom is -0.352 e. The molecule has 1 aromatic carbocycles. The van der Waals surface area contributed by atoms with Crippen LogP contribution < -0.4 is 5.32 Å². The molecular weight excluding hydrogens is 300 g/mol. The van der Waals surface area contributed by atoms with Crippen LogP contribution in [-0.4, -0.2) is 37.7 Å². The van der Waals surface area contributed by atoms with Crippen LogP contribution in [-0.2, 0) is 17.3 Å². The summed E-state index contributed by atoms with van der Waals surface area (Å²) in [5.41, 5.74) is 1.55. The molecule has 1 heterocycles. The molecule has 1 atom stereocenters. The second-order valence-electron chi connectivity index (χ2n) is 5.50. The van der Waals surface area contributed by atoms with Gasteiger partial charge in [-0.15, -0.1) is 10.2 Å². The topological polar surface area (TPSA) is 76.9 Å². The summed E-state index contributed by atoms with van der Waals surface area (Å²) in [4.78, 5) is 12.1. The van der Waals surface area contributed by atoms with Gasteiger partial charge in [0, 0.05) is 18.4 Å². The van der Waals surface area contributed by atoms with Crippen LogP contribution in [0.2, 0.25) is 0 Å². The van der Waals surface area contributed by atoms with Crippen molar-refractivity contribution in [1.82, 2.24) is 20.1 Å². The molecule has 0 saturated carbocycles. The minimum atomic E-state index is -1.20. The van der Waals surface area contributed by atoms with E-state index < -0.39 is 10.8 Å². The van der Waals surface area contributed by atoms with Crippen LogP contribution in [0.3, 0.4) is 0 Å².